The highest BCUT2D eigenvalue weighted by molar-refractivity contribution is 5.93. The third-order valence-electron chi connectivity index (χ3n) is 10.5. The number of aromatic nitrogens is 7. The molecule has 9 heteroatoms. The summed E-state index contributed by atoms with van der Waals surface area (Å²) in [6.07, 6.45) is 11.2. The Morgan fingerprint density at radius 1 is 0.956 bits per heavy atom. The first kappa shape index (κ1) is 26.9. The maximum absolute atomic E-state index is 5.62. The maximum atomic E-state index is 5.62. The van der Waals surface area contributed by atoms with Crippen LogP contribution < -0.4 is 0 Å². The van der Waals surface area contributed by atoms with Crippen molar-refractivity contribution in [1.29, 1.82) is 0 Å². The van der Waals surface area contributed by atoms with Crippen LogP contribution in [0.2, 0.25) is 0 Å². The zero-order valence-electron chi connectivity index (χ0n) is 25.7. The zero-order chi connectivity index (χ0) is 30.1. The molecule has 6 aromatic rings. The molecule has 0 unspecified atom stereocenters. The van der Waals surface area contributed by atoms with Gasteiger partial charge in [0.1, 0.15) is 5.69 Å². The molecule has 2 aliphatic heterocycles. The van der Waals surface area contributed by atoms with Crippen LogP contribution in [0.5, 0.6) is 0 Å². The van der Waals surface area contributed by atoms with Gasteiger partial charge < -0.3 is 9.30 Å². The zero-order valence-corrected chi connectivity index (χ0v) is 25.7. The second-order valence-corrected chi connectivity index (χ2v) is 13.0. The van der Waals surface area contributed by atoms with E-state index in [0.29, 0.717) is 17.1 Å². The minimum absolute atomic E-state index is 0.339. The number of hydrogen-bond acceptors (Lipinski definition) is 7. The van der Waals surface area contributed by atoms with Crippen LogP contribution in [0, 0.1) is 12.8 Å². The van der Waals surface area contributed by atoms with Crippen LogP contribution in [-0.2, 0) is 16.7 Å². The molecule has 7 heterocycles. The molecular formula is C36H36N8O. The van der Waals surface area contributed by atoms with E-state index in [0.717, 1.165) is 70.6 Å². The van der Waals surface area contributed by atoms with Gasteiger partial charge >= 0.3 is 0 Å². The van der Waals surface area contributed by atoms with Gasteiger partial charge in [-0.1, -0.05) is 24.3 Å². The summed E-state index contributed by atoms with van der Waals surface area (Å²) in [5.74, 6) is 0.792. The van der Waals surface area contributed by atoms with Crippen molar-refractivity contribution in [3.8, 4) is 33.8 Å². The van der Waals surface area contributed by atoms with Crippen LogP contribution >= 0.6 is 0 Å². The van der Waals surface area contributed by atoms with E-state index in [9.17, 15) is 0 Å². The summed E-state index contributed by atoms with van der Waals surface area (Å²) in [6.45, 7) is 9.29. The van der Waals surface area contributed by atoms with Crippen molar-refractivity contribution in [3.05, 3.63) is 84.7 Å². The SMILES string of the molecule is CCn1cnc(-c2ccc3c(-c4cnc5cc(-c6ccc([C@@]78C[C@@H]7CN(C7CCOCC7)C8)cc6)c(C)nn45)ccnc3n2)c1. The molecule has 3 aliphatic rings. The molecule has 2 saturated heterocycles. The molecule has 1 saturated carbocycles. The third-order valence-corrected chi connectivity index (χ3v) is 10.5. The molecule has 0 spiro atoms. The van der Waals surface area contributed by atoms with Gasteiger partial charge in [0.25, 0.3) is 0 Å². The lowest BCUT2D eigenvalue weighted by atomic mass is 9.92. The molecule has 0 N–H and O–H groups in total. The first-order valence-electron chi connectivity index (χ1n) is 16.2. The van der Waals surface area contributed by atoms with E-state index in [4.69, 9.17) is 19.8 Å². The first-order valence-corrected chi connectivity index (χ1v) is 16.2. The van der Waals surface area contributed by atoms with Gasteiger partial charge in [-0.15, -0.1) is 0 Å². The number of rotatable bonds is 6. The molecule has 0 amide bonds. The normalized spacial score (nSPS) is 22.0. The van der Waals surface area contributed by atoms with Crippen LogP contribution in [-0.4, -0.2) is 71.4 Å². The number of fused-ring (bicyclic) bond motifs is 3. The number of imidazole rings is 2. The van der Waals surface area contributed by atoms with E-state index >= 15 is 0 Å². The van der Waals surface area contributed by atoms with Crippen LogP contribution in [0.4, 0.5) is 0 Å². The smallest absolute Gasteiger partial charge is 0.160 e. The standard InChI is InChI=1S/C36H36N8O/c1-3-42-20-32(39-22-42)31-9-8-29-28(10-13-37-35(29)40-31)33-18-38-34-16-30(23(2)41-44(33)34)24-4-6-25(7-5-24)36-17-26(36)19-43(21-36)27-11-14-45-15-12-27/h4-10,13,16,18,20,22,26-27H,3,11-12,14-15,17,19,21H2,1-2H3/t26-,36+/m1/s1. The molecule has 9 rings (SSSR count). The fourth-order valence-corrected chi connectivity index (χ4v) is 7.82. The molecule has 5 aromatic heterocycles. The summed E-state index contributed by atoms with van der Waals surface area (Å²) in [7, 11) is 0. The highest BCUT2D eigenvalue weighted by atomic mass is 16.5. The summed E-state index contributed by atoms with van der Waals surface area (Å²) >= 11 is 0. The van der Waals surface area contributed by atoms with Crippen molar-refractivity contribution in [2.45, 2.75) is 51.1 Å². The molecular weight excluding hydrogens is 560 g/mol. The molecule has 1 aliphatic carbocycles. The first-order chi connectivity index (χ1) is 22.1. The van der Waals surface area contributed by atoms with E-state index in [-0.39, 0.29) is 0 Å². The maximum Gasteiger partial charge on any atom is 0.160 e. The largest absolute Gasteiger partial charge is 0.381 e. The molecule has 0 bridgehead atoms. The molecule has 1 aromatic carbocycles. The Balaban J connectivity index is 1.00. The van der Waals surface area contributed by atoms with Crippen molar-refractivity contribution in [2.24, 2.45) is 5.92 Å². The third kappa shape index (κ3) is 4.40. The topological polar surface area (TPSA) is 86.3 Å². The van der Waals surface area contributed by atoms with Crippen LogP contribution in [0.1, 0.15) is 37.4 Å². The Hall–Kier alpha value is -4.47. The molecule has 0 radical (unpaired) electrons. The van der Waals surface area contributed by atoms with Gasteiger partial charge in [-0.3, -0.25) is 4.90 Å². The molecule has 226 valence electrons. The van der Waals surface area contributed by atoms with E-state index in [1.54, 1.807) is 6.20 Å². The Morgan fingerprint density at radius 3 is 2.64 bits per heavy atom. The number of aryl methyl sites for hydroxylation is 2. The minimum atomic E-state index is 0.339. The predicted octanol–water partition coefficient (Wildman–Crippen LogP) is 5.95. The second-order valence-electron chi connectivity index (χ2n) is 13.0. The predicted molar refractivity (Wildman–Crippen MR) is 174 cm³/mol. The highest BCUT2D eigenvalue weighted by Crippen LogP contribution is 2.59. The fraction of sp³-hybridized carbons (Fsp3) is 0.361. The van der Waals surface area contributed by atoms with Gasteiger partial charge in [0.05, 0.1) is 29.6 Å². The average molecular weight is 597 g/mol. The van der Waals surface area contributed by atoms with Gasteiger partial charge in [-0.05, 0) is 74.4 Å². The van der Waals surface area contributed by atoms with Gasteiger partial charge in [0.15, 0.2) is 11.3 Å². The van der Waals surface area contributed by atoms with E-state index in [1.165, 1.54) is 43.5 Å². The summed E-state index contributed by atoms with van der Waals surface area (Å²) in [5, 5.41) is 6.00. The molecule has 3 fully saturated rings. The fourth-order valence-electron chi connectivity index (χ4n) is 7.82. The van der Waals surface area contributed by atoms with Crippen LogP contribution in [0.3, 0.4) is 0 Å². The Kier molecular flexibility index (Phi) is 6.15. The van der Waals surface area contributed by atoms with Gasteiger partial charge in [0.2, 0.25) is 0 Å². The van der Waals surface area contributed by atoms with E-state index < -0.39 is 0 Å². The number of hydrogen-bond donors (Lipinski definition) is 0. The van der Waals surface area contributed by atoms with Gasteiger partial charge in [-0.25, -0.2) is 24.5 Å². The monoisotopic (exact) mass is 596 g/mol. The molecule has 45 heavy (non-hydrogen) atoms. The number of nitrogens with zero attached hydrogens (tertiary/aromatic N) is 8. The van der Waals surface area contributed by atoms with Crippen LogP contribution in [0.25, 0.3) is 50.5 Å². The lowest BCUT2D eigenvalue weighted by molar-refractivity contribution is 0.0378. The highest BCUT2D eigenvalue weighted by Gasteiger charge is 2.61. The lowest BCUT2D eigenvalue weighted by Crippen LogP contribution is -2.40. The lowest BCUT2D eigenvalue weighted by Gasteiger charge is -2.33. The van der Waals surface area contributed by atoms with Crippen molar-refractivity contribution < 1.29 is 4.74 Å². The van der Waals surface area contributed by atoms with E-state index in [2.05, 4.69) is 65.1 Å². The van der Waals surface area contributed by atoms with Crippen molar-refractivity contribution in [3.63, 3.8) is 0 Å². The molecule has 2 atom stereocenters. The Labute approximate surface area is 261 Å². The van der Waals surface area contributed by atoms with Gasteiger partial charge in [-0.2, -0.15) is 5.10 Å². The number of piperidine rings is 1. The quantitative estimate of drug-likeness (QED) is 0.235. The summed E-state index contributed by atoms with van der Waals surface area (Å²) < 4.78 is 9.60. The molecule has 9 nitrogen and oxygen atoms in total. The van der Waals surface area contributed by atoms with Gasteiger partial charge in [0, 0.05) is 73.2 Å². The number of ether oxygens (including phenoxy) is 1. The minimum Gasteiger partial charge on any atom is -0.381 e. The van der Waals surface area contributed by atoms with E-state index in [1.807, 2.05) is 39.9 Å². The summed E-state index contributed by atoms with van der Waals surface area (Å²) in [4.78, 5) is 21.5. The number of pyridine rings is 2. The Bertz CT molecular complexity index is 2060. The number of benzene rings is 1. The van der Waals surface area contributed by atoms with Crippen molar-refractivity contribution >= 4 is 16.7 Å². The summed E-state index contributed by atoms with van der Waals surface area (Å²) in [5.41, 5.74) is 10.2. The van der Waals surface area contributed by atoms with Crippen LogP contribution in [0.15, 0.2) is 73.4 Å². The number of likely N-dealkylation sites (tertiary alicyclic amines) is 1. The Morgan fingerprint density at radius 2 is 1.82 bits per heavy atom. The van der Waals surface area contributed by atoms with Crippen molar-refractivity contribution in [2.75, 3.05) is 26.3 Å². The van der Waals surface area contributed by atoms with Crippen molar-refractivity contribution in [1.82, 2.24) is 39.0 Å². The average Bonchev–Trinajstić information content (AvgIpc) is 3.45. The summed E-state index contributed by atoms with van der Waals surface area (Å²) in [6, 6.07) is 18.2. The second kappa shape index (κ2) is 10.3.